The van der Waals surface area contributed by atoms with E-state index in [-0.39, 0.29) is 27.8 Å². The average Bonchev–Trinajstić information content (AvgIpc) is 2.29. The highest BCUT2D eigenvalue weighted by molar-refractivity contribution is 7.91. The summed E-state index contributed by atoms with van der Waals surface area (Å²) >= 11 is 5.78. The topological polar surface area (TPSA) is 91.7 Å². The number of carboxylic acids is 1. The maximum absolute atomic E-state index is 11.9. The molecule has 18 heavy (non-hydrogen) atoms. The largest absolute Gasteiger partial charge is 0.478 e. The van der Waals surface area contributed by atoms with Crippen molar-refractivity contribution in [2.45, 2.75) is 17.7 Å². The first-order valence-electron chi connectivity index (χ1n) is 5.25. The Bertz CT molecular complexity index is 538. The molecule has 0 aromatic heterocycles. The molecule has 1 aromatic carbocycles. The Kier molecular flexibility index (Phi) is 5.13. The van der Waals surface area contributed by atoms with Gasteiger partial charge in [-0.25, -0.2) is 13.2 Å². The van der Waals surface area contributed by atoms with Gasteiger partial charge in [0.2, 0.25) is 0 Å². The molecule has 7 heteroatoms. The first-order valence-corrected chi connectivity index (χ1v) is 7.28. The van der Waals surface area contributed by atoms with Gasteiger partial charge in [0.25, 0.3) is 0 Å². The maximum atomic E-state index is 11.9. The summed E-state index contributed by atoms with van der Waals surface area (Å²) in [6, 6.07) is 3.56. The molecule has 100 valence electrons. The molecule has 5 nitrogen and oxygen atoms in total. The average molecular weight is 293 g/mol. The number of hydrogen-bond donors (Lipinski definition) is 2. The molecule has 0 fully saturated rings. The molecule has 0 aliphatic carbocycles. The zero-order valence-electron chi connectivity index (χ0n) is 9.47. The van der Waals surface area contributed by atoms with Crippen LogP contribution in [-0.4, -0.2) is 37.0 Å². The summed E-state index contributed by atoms with van der Waals surface area (Å²) in [5.74, 6) is -1.38. The molecule has 0 atom stereocenters. The molecule has 0 unspecified atom stereocenters. The smallest absolute Gasteiger partial charge is 0.335 e. The fourth-order valence-corrected chi connectivity index (χ4v) is 3.33. The molecule has 1 rings (SSSR count). The van der Waals surface area contributed by atoms with Gasteiger partial charge in [-0.3, -0.25) is 0 Å². The highest BCUT2D eigenvalue weighted by Gasteiger charge is 2.19. The van der Waals surface area contributed by atoms with Gasteiger partial charge >= 0.3 is 5.97 Å². The fourth-order valence-electron chi connectivity index (χ4n) is 1.39. The van der Waals surface area contributed by atoms with E-state index in [4.69, 9.17) is 21.8 Å². The number of unbranched alkanes of at least 4 members (excludes halogenated alkanes) is 1. The van der Waals surface area contributed by atoms with Crippen LogP contribution >= 0.6 is 11.6 Å². The Morgan fingerprint density at radius 1 is 1.28 bits per heavy atom. The Balaban J connectivity index is 3.07. The molecule has 0 aliphatic heterocycles. The Labute approximate surface area is 110 Å². The van der Waals surface area contributed by atoms with Crippen LogP contribution in [0.15, 0.2) is 23.1 Å². The van der Waals surface area contributed by atoms with Crippen LogP contribution in [0.1, 0.15) is 23.2 Å². The highest BCUT2D eigenvalue weighted by atomic mass is 35.5. The lowest BCUT2D eigenvalue weighted by molar-refractivity contribution is 0.0696. The van der Waals surface area contributed by atoms with Crippen LogP contribution in [0.2, 0.25) is 5.02 Å². The van der Waals surface area contributed by atoms with Gasteiger partial charge in [0.1, 0.15) is 0 Å². The summed E-state index contributed by atoms with van der Waals surface area (Å²) in [5.41, 5.74) is -0.125. The minimum absolute atomic E-state index is 0.00370. The molecule has 0 saturated heterocycles. The fraction of sp³-hybridized carbons (Fsp3) is 0.364. The molecule has 1 aromatic rings. The Morgan fingerprint density at radius 3 is 2.50 bits per heavy atom. The van der Waals surface area contributed by atoms with E-state index in [1.165, 1.54) is 12.1 Å². The number of aromatic carboxylic acids is 1. The van der Waals surface area contributed by atoms with Crippen molar-refractivity contribution in [3.8, 4) is 0 Å². The van der Waals surface area contributed by atoms with Gasteiger partial charge in [-0.2, -0.15) is 0 Å². The number of carboxylic acid groups (broad SMARTS) is 1. The van der Waals surface area contributed by atoms with E-state index in [2.05, 4.69) is 0 Å². The lowest BCUT2D eigenvalue weighted by Crippen LogP contribution is -2.09. The second kappa shape index (κ2) is 6.17. The summed E-state index contributed by atoms with van der Waals surface area (Å²) < 4.78 is 23.9. The van der Waals surface area contributed by atoms with Gasteiger partial charge in [0, 0.05) is 6.61 Å². The van der Waals surface area contributed by atoms with E-state index in [0.717, 1.165) is 6.07 Å². The normalized spacial score (nSPS) is 11.4. The van der Waals surface area contributed by atoms with Gasteiger partial charge in [0.05, 0.1) is 21.2 Å². The van der Waals surface area contributed by atoms with E-state index in [9.17, 15) is 13.2 Å². The molecule has 0 amide bonds. The first kappa shape index (κ1) is 14.9. The third-order valence-electron chi connectivity index (χ3n) is 2.33. The number of sulfone groups is 1. The Morgan fingerprint density at radius 2 is 1.94 bits per heavy atom. The van der Waals surface area contributed by atoms with Gasteiger partial charge < -0.3 is 10.2 Å². The maximum Gasteiger partial charge on any atom is 0.335 e. The minimum atomic E-state index is -3.63. The summed E-state index contributed by atoms with van der Waals surface area (Å²) in [4.78, 5) is 10.6. The SMILES string of the molecule is O=C(O)c1ccc(Cl)c(S(=O)(=O)CCCCO)c1. The van der Waals surface area contributed by atoms with E-state index in [0.29, 0.717) is 12.8 Å². The van der Waals surface area contributed by atoms with Crippen molar-refractivity contribution in [2.24, 2.45) is 0 Å². The van der Waals surface area contributed by atoms with E-state index < -0.39 is 15.8 Å². The van der Waals surface area contributed by atoms with Crippen molar-refractivity contribution < 1.29 is 23.4 Å². The van der Waals surface area contributed by atoms with Crippen molar-refractivity contribution in [1.82, 2.24) is 0 Å². The van der Waals surface area contributed by atoms with Crippen molar-refractivity contribution in [3.05, 3.63) is 28.8 Å². The van der Waals surface area contributed by atoms with Crippen LogP contribution in [0, 0.1) is 0 Å². The number of carbonyl (C=O) groups is 1. The summed E-state index contributed by atoms with van der Waals surface area (Å²) in [6.45, 7) is -0.0849. The van der Waals surface area contributed by atoms with E-state index in [1.807, 2.05) is 0 Å². The molecule has 0 heterocycles. The van der Waals surface area contributed by atoms with Crippen molar-refractivity contribution in [2.75, 3.05) is 12.4 Å². The van der Waals surface area contributed by atoms with Gasteiger partial charge in [0.15, 0.2) is 9.84 Å². The predicted molar refractivity (Wildman–Crippen MR) is 66.8 cm³/mol. The zero-order valence-corrected chi connectivity index (χ0v) is 11.0. The van der Waals surface area contributed by atoms with Crippen molar-refractivity contribution in [3.63, 3.8) is 0 Å². The number of rotatable bonds is 6. The van der Waals surface area contributed by atoms with E-state index >= 15 is 0 Å². The lowest BCUT2D eigenvalue weighted by Gasteiger charge is -2.07. The summed E-state index contributed by atoms with van der Waals surface area (Å²) in [6.07, 6.45) is 0.669. The lowest BCUT2D eigenvalue weighted by atomic mass is 10.2. The monoisotopic (exact) mass is 292 g/mol. The number of benzene rings is 1. The molecular formula is C11H13ClO5S. The number of hydrogen-bond acceptors (Lipinski definition) is 4. The molecule has 2 N–H and O–H groups in total. The first-order chi connectivity index (χ1) is 8.38. The second-order valence-electron chi connectivity index (χ2n) is 3.70. The Hall–Kier alpha value is -1.11. The minimum Gasteiger partial charge on any atom is -0.478 e. The molecule has 0 aliphatic rings. The number of halogens is 1. The third-order valence-corrected chi connectivity index (χ3v) is 4.61. The third kappa shape index (κ3) is 3.69. The molecule has 0 bridgehead atoms. The van der Waals surface area contributed by atoms with E-state index in [1.54, 1.807) is 0 Å². The molecule has 0 radical (unpaired) electrons. The van der Waals surface area contributed by atoms with Gasteiger partial charge in [-0.1, -0.05) is 11.6 Å². The molecular weight excluding hydrogens is 280 g/mol. The predicted octanol–water partition coefficient (Wildman–Crippen LogP) is 1.58. The number of aliphatic hydroxyl groups is 1. The van der Waals surface area contributed by atoms with Crippen molar-refractivity contribution in [1.29, 1.82) is 0 Å². The quantitative estimate of drug-likeness (QED) is 0.777. The van der Waals surface area contributed by atoms with Crippen LogP contribution in [0.25, 0.3) is 0 Å². The van der Waals surface area contributed by atoms with Crippen molar-refractivity contribution >= 4 is 27.4 Å². The molecule has 0 saturated carbocycles. The highest BCUT2D eigenvalue weighted by Crippen LogP contribution is 2.24. The summed E-state index contributed by atoms with van der Waals surface area (Å²) in [5, 5.41) is 17.4. The van der Waals surface area contributed by atoms with Crippen LogP contribution in [0.4, 0.5) is 0 Å². The molecule has 0 spiro atoms. The van der Waals surface area contributed by atoms with Gasteiger partial charge in [-0.05, 0) is 31.0 Å². The number of aliphatic hydroxyl groups excluding tert-OH is 1. The summed E-state index contributed by atoms with van der Waals surface area (Å²) in [7, 11) is -3.63. The van der Waals surface area contributed by atoms with Crippen LogP contribution < -0.4 is 0 Å². The van der Waals surface area contributed by atoms with Crippen LogP contribution in [0.5, 0.6) is 0 Å². The van der Waals surface area contributed by atoms with Gasteiger partial charge in [-0.15, -0.1) is 0 Å². The zero-order chi connectivity index (χ0) is 13.8. The van der Waals surface area contributed by atoms with Crippen LogP contribution in [0.3, 0.4) is 0 Å². The standard InChI is InChI=1S/C11H13ClO5S/c12-9-4-3-8(11(14)15)7-10(9)18(16,17)6-2-1-5-13/h3-4,7,13H,1-2,5-6H2,(H,14,15). The van der Waals surface area contributed by atoms with Crippen LogP contribution in [-0.2, 0) is 9.84 Å². The second-order valence-corrected chi connectivity index (χ2v) is 6.18.